The van der Waals surface area contributed by atoms with E-state index in [-0.39, 0.29) is 11.5 Å². The molecule has 6 nitrogen and oxygen atoms in total. The highest BCUT2D eigenvalue weighted by Gasteiger charge is 2.12. The second-order valence-corrected chi connectivity index (χ2v) is 6.83. The Morgan fingerprint density at radius 3 is 2.85 bits per heavy atom. The average molecular weight is 385 g/mol. The summed E-state index contributed by atoms with van der Waals surface area (Å²) in [5.41, 5.74) is 3.45. The second-order valence-electron chi connectivity index (χ2n) is 5.89. The predicted octanol–water partition coefficient (Wildman–Crippen LogP) is 3.45. The van der Waals surface area contributed by atoms with Crippen LogP contribution in [0.1, 0.15) is 27.9 Å². The first-order chi connectivity index (χ1) is 13.1. The number of aromatic nitrogens is 3. The summed E-state index contributed by atoms with van der Waals surface area (Å²) in [6.45, 7) is 5.07. The molecule has 2 heterocycles. The summed E-state index contributed by atoms with van der Waals surface area (Å²) in [4.78, 5) is 26.3. The number of carbonyl (C=O) groups excluding carboxylic acids is 1. The summed E-state index contributed by atoms with van der Waals surface area (Å²) in [7, 11) is 0. The highest BCUT2D eigenvalue weighted by Crippen LogP contribution is 2.20. The van der Waals surface area contributed by atoms with E-state index < -0.39 is 5.82 Å². The van der Waals surface area contributed by atoms with Gasteiger partial charge in [0.25, 0.3) is 5.91 Å². The summed E-state index contributed by atoms with van der Waals surface area (Å²) in [5.74, 6) is 0.175. The number of halogens is 1. The van der Waals surface area contributed by atoms with Crippen LogP contribution in [0.15, 0.2) is 36.0 Å². The molecule has 0 radical (unpaired) electrons. The van der Waals surface area contributed by atoms with Crippen molar-refractivity contribution in [1.29, 1.82) is 0 Å². The van der Waals surface area contributed by atoms with E-state index >= 15 is 0 Å². The lowest BCUT2D eigenvalue weighted by Gasteiger charge is -2.08. The van der Waals surface area contributed by atoms with E-state index in [9.17, 15) is 9.18 Å². The monoisotopic (exact) mass is 385 g/mol. The van der Waals surface area contributed by atoms with E-state index in [1.165, 1.54) is 12.1 Å². The summed E-state index contributed by atoms with van der Waals surface area (Å²) in [5, 5.41) is 5.91. The fourth-order valence-electron chi connectivity index (χ4n) is 2.58. The van der Waals surface area contributed by atoms with Gasteiger partial charge in [-0.3, -0.25) is 4.79 Å². The van der Waals surface area contributed by atoms with Crippen LogP contribution < -0.4 is 10.6 Å². The summed E-state index contributed by atoms with van der Waals surface area (Å²) >= 11 is 1.56. The van der Waals surface area contributed by atoms with Crippen LogP contribution in [0.25, 0.3) is 11.4 Å². The Hall–Kier alpha value is -2.87. The number of aryl methyl sites for hydroxylation is 1. The average Bonchev–Trinajstić information content (AvgIpc) is 3.06. The standard InChI is InChI=1S/C19H20FN5OS/c1-3-21-17-5-7-22-18(25-17)13-8-14(10-15(20)9-13)19(26)23-6-4-16-12(2)24-11-27-16/h5,7-11H,3-4,6H2,1-2H3,(H,23,26)(H,21,22,25). The van der Waals surface area contributed by atoms with Crippen LogP contribution in [0, 0.1) is 12.7 Å². The molecule has 2 N–H and O–H groups in total. The fraction of sp³-hybridized carbons (Fsp3) is 0.263. The molecule has 3 aromatic rings. The van der Waals surface area contributed by atoms with Crippen LogP contribution in [0.2, 0.25) is 0 Å². The molecule has 2 aromatic heterocycles. The van der Waals surface area contributed by atoms with Gasteiger partial charge in [0.15, 0.2) is 5.82 Å². The van der Waals surface area contributed by atoms with Crippen LogP contribution in [0.3, 0.4) is 0 Å². The number of thiazole rings is 1. The first kappa shape index (κ1) is 18.9. The van der Waals surface area contributed by atoms with Gasteiger partial charge >= 0.3 is 0 Å². The third kappa shape index (κ3) is 4.85. The Kier molecular flexibility index (Phi) is 6.08. The van der Waals surface area contributed by atoms with Gasteiger partial charge in [-0.2, -0.15) is 0 Å². The van der Waals surface area contributed by atoms with Crippen LogP contribution in [0.4, 0.5) is 10.2 Å². The van der Waals surface area contributed by atoms with Gasteiger partial charge in [0.2, 0.25) is 0 Å². The van der Waals surface area contributed by atoms with Gasteiger partial charge < -0.3 is 10.6 Å². The quantitative estimate of drug-likeness (QED) is 0.651. The molecule has 0 aliphatic heterocycles. The third-order valence-corrected chi connectivity index (χ3v) is 4.91. The van der Waals surface area contributed by atoms with Crippen LogP contribution in [-0.2, 0) is 6.42 Å². The molecule has 1 amide bonds. The van der Waals surface area contributed by atoms with Crippen molar-refractivity contribution in [3.05, 3.63) is 57.9 Å². The molecular formula is C19H20FN5OS. The first-order valence-corrected chi connectivity index (χ1v) is 9.50. The number of carbonyl (C=O) groups is 1. The molecule has 8 heteroatoms. The van der Waals surface area contributed by atoms with E-state index in [4.69, 9.17) is 0 Å². The number of anilines is 1. The largest absolute Gasteiger partial charge is 0.370 e. The lowest BCUT2D eigenvalue weighted by atomic mass is 10.1. The molecular weight excluding hydrogens is 365 g/mol. The molecule has 0 spiro atoms. The number of hydrogen-bond donors (Lipinski definition) is 2. The lowest BCUT2D eigenvalue weighted by molar-refractivity contribution is 0.0953. The highest BCUT2D eigenvalue weighted by molar-refractivity contribution is 7.09. The third-order valence-electron chi connectivity index (χ3n) is 3.91. The fourth-order valence-corrected chi connectivity index (χ4v) is 3.37. The van der Waals surface area contributed by atoms with Crippen molar-refractivity contribution in [2.75, 3.05) is 18.4 Å². The number of hydrogen-bond acceptors (Lipinski definition) is 6. The number of benzene rings is 1. The molecule has 0 fully saturated rings. The molecule has 0 aliphatic rings. The van der Waals surface area contributed by atoms with Crippen LogP contribution in [-0.4, -0.2) is 33.9 Å². The molecule has 0 bridgehead atoms. The Morgan fingerprint density at radius 1 is 1.26 bits per heavy atom. The van der Waals surface area contributed by atoms with E-state index in [2.05, 4.69) is 25.6 Å². The zero-order chi connectivity index (χ0) is 19.2. The smallest absolute Gasteiger partial charge is 0.251 e. The van der Waals surface area contributed by atoms with E-state index in [1.54, 1.807) is 35.2 Å². The van der Waals surface area contributed by atoms with E-state index in [0.29, 0.717) is 36.7 Å². The molecule has 27 heavy (non-hydrogen) atoms. The Bertz CT molecular complexity index is 943. The first-order valence-electron chi connectivity index (χ1n) is 8.62. The second kappa shape index (κ2) is 8.68. The van der Waals surface area contributed by atoms with Crippen molar-refractivity contribution in [1.82, 2.24) is 20.3 Å². The number of nitrogens with zero attached hydrogens (tertiary/aromatic N) is 3. The Balaban J connectivity index is 1.73. The summed E-state index contributed by atoms with van der Waals surface area (Å²) < 4.78 is 14.1. The van der Waals surface area contributed by atoms with Gasteiger partial charge in [-0.15, -0.1) is 11.3 Å². The van der Waals surface area contributed by atoms with Crippen molar-refractivity contribution in [2.45, 2.75) is 20.3 Å². The van der Waals surface area contributed by atoms with Crippen molar-refractivity contribution in [2.24, 2.45) is 0 Å². The maximum Gasteiger partial charge on any atom is 0.251 e. The minimum atomic E-state index is -0.506. The summed E-state index contributed by atoms with van der Waals surface area (Å²) in [6, 6.07) is 5.87. The molecule has 0 saturated heterocycles. The molecule has 1 aromatic carbocycles. The van der Waals surface area contributed by atoms with Crippen molar-refractivity contribution in [3.8, 4) is 11.4 Å². The molecule has 0 saturated carbocycles. The molecule has 3 rings (SSSR count). The maximum absolute atomic E-state index is 14.1. The van der Waals surface area contributed by atoms with Gasteiger partial charge in [-0.1, -0.05) is 0 Å². The molecule has 0 aliphatic carbocycles. The highest BCUT2D eigenvalue weighted by atomic mass is 32.1. The minimum Gasteiger partial charge on any atom is -0.370 e. The van der Waals surface area contributed by atoms with Crippen molar-refractivity contribution >= 4 is 23.1 Å². The molecule has 140 valence electrons. The van der Waals surface area contributed by atoms with Crippen LogP contribution in [0.5, 0.6) is 0 Å². The zero-order valence-electron chi connectivity index (χ0n) is 15.1. The SMILES string of the molecule is CCNc1ccnc(-c2cc(F)cc(C(=O)NCCc3scnc3C)c2)n1. The normalized spacial score (nSPS) is 10.6. The van der Waals surface area contributed by atoms with Gasteiger partial charge in [0.05, 0.1) is 11.2 Å². The Morgan fingerprint density at radius 2 is 2.11 bits per heavy atom. The van der Waals surface area contributed by atoms with Gasteiger partial charge in [-0.25, -0.2) is 19.3 Å². The number of amides is 1. The van der Waals surface area contributed by atoms with E-state index in [0.717, 1.165) is 10.6 Å². The number of nitrogens with one attached hydrogen (secondary N) is 2. The minimum absolute atomic E-state index is 0.239. The van der Waals surface area contributed by atoms with Gasteiger partial charge in [0.1, 0.15) is 11.6 Å². The lowest BCUT2D eigenvalue weighted by Crippen LogP contribution is -2.25. The van der Waals surface area contributed by atoms with Gasteiger partial charge in [-0.05, 0) is 38.1 Å². The maximum atomic E-state index is 14.1. The van der Waals surface area contributed by atoms with E-state index in [1.807, 2.05) is 13.8 Å². The molecule has 0 atom stereocenters. The van der Waals surface area contributed by atoms with Crippen LogP contribution >= 0.6 is 11.3 Å². The zero-order valence-corrected chi connectivity index (χ0v) is 15.9. The number of rotatable bonds is 7. The van der Waals surface area contributed by atoms with Crippen molar-refractivity contribution < 1.29 is 9.18 Å². The Labute approximate surface area is 160 Å². The summed E-state index contributed by atoms with van der Waals surface area (Å²) in [6.07, 6.45) is 2.29. The van der Waals surface area contributed by atoms with Crippen molar-refractivity contribution in [3.63, 3.8) is 0 Å². The predicted molar refractivity (Wildman–Crippen MR) is 104 cm³/mol. The topological polar surface area (TPSA) is 79.8 Å². The van der Waals surface area contributed by atoms with Gasteiger partial charge in [0, 0.05) is 41.7 Å². The molecule has 0 unspecified atom stereocenters.